The molecule has 1 amide bonds. The summed E-state index contributed by atoms with van der Waals surface area (Å²) in [5, 5.41) is 2.66. The van der Waals surface area contributed by atoms with E-state index in [1.807, 2.05) is 60.7 Å². The maximum Gasteiger partial charge on any atom is 0.407 e. The molecule has 1 aliphatic rings. The van der Waals surface area contributed by atoms with Crippen LogP contribution in [0.5, 0.6) is 0 Å². The van der Waals surface area contributed by atoms with Crippen molar-refractivity contribution in [2.45, 2.75) is 57.5 Å². The van der Waals surface area contributed by atoms with Crippen molar-refractivity contribution in [3.05, 3.63) is 71.8 Å². The van der Waals surface area contributed by atoms with Crippen molar-refractivity contribution in [3.63, 3.8) is 0 Å². The van der Waals surface area contributed by atoms with Gasteiger partial charge in [-0.25, -0.2) is 4.79 Å². The second-order valence-electron chi connectivity index (χ2n) is 8.30. The summed E-state index contributed by atoms with van der Waals surface area (Å²) in [6, 6.07) is 19.1. The molecular weight excluding hydrogens is 438 g/mol. The molecule has 0 bridgehead atoms. The van der Waals surface area contributed by atoms with Gasteiger partial charge in [-0.15, -0.1) is 0 Å². The highest BCUT2D eigenvalue weighted by atomic mass is 32.2. The van der Waals surface area contributed by atoms with Gasteiger partial charge in [-0.05, 0) is 36.8 Å². The maximum absolute atomic E-state index is 13.3. The summed E-state index contributed by atoms with van der Waals surface area (Å²) < 4.78 is 11.0. The monoisotopic (exact) mass is 469 g/mol. The number of carbonyl (C=O) groups is 3. The van der Waals surface area contributed by atoms with Crippen LogP contribution in [0.1, 0.15) is 50.2 Å². The molecule has 1 fully saturated rings. The molecule has 7 heteroatoms. The molecule has 1 saturated carbocycles. The molecule has 0 aliphatic heterocycles. The summed E-state index contributed by atoms with van der Waals surface area (Å²) in [7, 11) is 0. The SMILES string of the molecule is CC(=O)S[C@H]1CCC[C@@]1(CCCNC(=O)OCc1ccccc1)C(=O)OCc1ccccc1. The fraction of sp³-hybridized carbons (Fsp3) is 0.423. The van der Waals surface area contributed by atoms with Crippen molar-refractivity contribution in [2.75, 3.05) is 6.54 Å². The highest BCUT2D eigenvalue weighted by molar-refractivity contribution is 8.14. The van der Waals surface area contributed by atoms with Crippen LogP contribution < -0.4 is 5.32 Å². The van der Waals surface area contributed by atoms with Gasteiger partial charge in [-0.3, -0.25) is 9.59 Å². The minimum Gasteiger partial charge on any atom is -0.460 e. The molecule has 2 aromatic rings. The fourth-order valence-corrected chi connectivity index (χ4v) is 5.51. The lowest BCUT2D eigenvalue weighted by Crippen LogP contribution is -2.39. The molecule has 0 spiro atoms. The van der Waals surface area contributed by atoms with Crippen LogP contribution in [0, 0.1) is 5.41 Å². The van der Waals surface area contributed by atoms with Crippen LogP contribution in [0.15, 0.2) is 60.7 Å². The first kappa shape index (κ1) is 24.8. The standard InChI is InChI=1S/C26H31NO5S/c1-20(28)33-23-14-8-15-26(23,24(29)31-18-21-10-4-2-5-11-21)16-9-17-27-25(30)32-19-22-12-6-3-7-13-22/h2-7,10-13,23H,8-9,14-19H2,1H3,(H,27,30)/t23-,26-/m0/s1. The van der Waals surface area contributed by atoms with Gasteiger partial charge in [0.15, 0.2) is 5.12 Å². The molecule has 0 aromatic heterocycles. The molecule has 0 heterocycles. The molecule has 3 rings (SSSR count). The van der Waals surface area contributed by atoms with Crippen LogP contribution in [-0.2, 0) is 32.3 Å². The Morgan fingerprint density at radius 1 is 0.970 bits per heavy atom. The lowest BCUT2D eigenvalue weighted by molar-refractivity contribution is -0.157. The highest BCUT2D eigenvalue weighted by Crippen LogP contribution is 2.49. The van der Waals surface area contributed by atoms with E-state index in [4.69, 9.17) is 9.47 Å². The molecule has 0 unspecified atom stereocenters. The van der Waals surface area contributed by atoms with E-state index in [-0.39, 0.29) is 29.5 Å². The minimum atomic E-state index is -0.721. The summed E-state index contributed by atoms with van der Waals surface area (Å²) in [6.45, 7) is 2.34. The largest absolute Gasteiger partial charge is 0.460 e. The van der Waals surface area contributed by atoms with Crippen LogP contribution in [0.25, 0.3) is 0 Å². The highest BCUT2D eigenvalue weighted by Gasteiger charge is 2.50. The number of esters is 1. The van der Waals surface area contributed by atoms with Crippen molar-refractivity contribution in [3.8, 4) is 0 Å². The van der Waals surface area contributed by atoms with Gasteiger partial charge in [-0.1, -0.05) is 78.8 Å². The number of ether oxygens (including phenoxy) is 2. The normalized spacial score (nSPS) is 19.6. The minimum absolute atomic E-state index is 0.00440. The van der Waals surface area contributed by atoms with Crippen molar-refractivity contribution >= 4 is 28.9 Å². The fourth-order valence-electron chi connectivity index (χ4n) is 4.27. The number of hydrogen-bond acceptors (Lipinski definition) is 6. The summed E-state index contributed by atoms with van der Waals surface area (Å²) >= 11 is 1.24. The molecule has 2 aromatic carbocycles. The first-order chi connectivity index (χ1) is 16.0. The summed E-state index contributed by atoms with van der Waals surface area (Å²) in [6.07, 6.45) is 3.01. The van der Waals surface area contributed by atoms with Crippen LogP contribution in [-0.4, -0.2) is 29.0 Å². The molecule has 0 saturated heterocycles. The Bertz CT molecular complexity index is 921. The number of amides is 1. The first-order valence-electron chi connectivity index (χ1n) is 11.3. The second kappa shape index (κ2) is 12.4. The Balaban J connectivity index is 1.53. The third-order valence-electron chi connectivity index (χ3n) is 5.91. The lowest BCUT2D eigenvalue weighted by atomic mass is 9.81. The van der Waals surface area contributed by atoms with E-state index in [1.165, 1.54) is 18.7 Å². The molecule has 0 radical (unpaired) electrons. The number of hydrogen-bond donors (Lipinski definition) is 1. The van der Waals surface area contributed by atoms with Crippen molar-refractivity contribution < 1.29 is 23.9 Å². The number of thioether (sulfide) groups is 1. The lowest BCUT2D eigenvalue weighted by Gasteiger charge is -2.32. The summed E-state index contributed by atoms with van der Waals surface area (Å²) in [5.74, 6) is -0.255. The van der Waals surface area contributed by atoms with Gasteiger partial charge in [0, 0.05) is 18.7 Å². The topological polar surface area (TPSA) is 81.7 Å². The van der Waals surface area contributed by atoms with Gasteiger partial charge in [0.05, 0.1) is 5.41 Å². The van der Waals surface area contributed by atoms with E-state index in [9.17, 15) is 14.4 Å². The Hall–Kier alpha value is -2.80. The Morgan fingerprint density at radius 2 is 1.58 bits per heavy atom. The summed E-state index contributed by atoms with van der Waals surface area (Å²) in [5.41, 5.74) is 1.13. The zero-order valence-corrected chi connectivity index (χ0v) is 19.8. The molecule has 176 valence electrons. The predicted octanol–water partition coefficient (Wildman–Crippen LogP) is 5.26. The van der Waals surface area contributed by atoms with E-state index >= 15 is 0 Å². The van der Waals surface area contributed by atoms with Crippen molar-refractivity contribution in [1.29, 1.82) is 0 Å². The molecule has 6 nitrogen and oxygen atoms in total. The van der Waals surface area contributed by atoms with Gasteiger partial charge in [0.2, 0.25) is 0 Å². The van der Waals surface area contributed by atoms with Gasteiger partial charge >= 0.3 is 12.1 Å². The zero-order chi connectivity index (χ0) is 23.5. The van der Waals surface area contributed by atoms with E-state index in [0.29, 0.717) is 25.8 Å². The van der Waals surface area contributed by atoms with Crippen molar-refractivity contribution in [2.24, 2.45) is 5.41 Å². The molecule has 33 heavy (non-hydrogen) atoms. The van der Waals surface area contributed by atoms with E-state index < -0.39 is 11.5 Å². The third-order valence-corrected chi connectivity index (χ3v) is 7.22. The van der Waals surface area contributed by atoms with E-state index in [0.717, 1.165) is 24.0 Å². The molecular formula is C26H31NO5S. The first-order valence-corrected chi connectivity index (χ1v) is 12.2. The number of rotatable bonds is 10. The Kier molecular flexibility index (Phi) is 9.36. The molecule has 1 aliphatic carbocycles. The second-order valence-corrected chi connectivity index (χ2v) is 9.68. The molecule has 1 N–H and O–H groups in total. The van der Waals surface area contributed by atoms with E-state index in [2.05, 4.69) is 5.32 Å². The van der Waals surface area contributed by atoms with Crippen LogP contribution in [0.3, 0.4) is 0 Å². The van der Waals surface area contributed by atoms with Gasteiger partial charge in [0.1, 0.15) is 13.2 Å². The van der Waals surface area contributed by atoms with Gasteiger partial charge < -0.3 is 14.8 Å². The van der Waals surface area contributed by atoms with Gasteiger partial charge in [-0.2, -0.15) is 0 Å². The van der Waals surface area contributed by atoms with Crippen LogP contribution >= 0.6 is 11.8 Å². The third kappa shape index (κ3) is 7.35. The van der Waals surface area contributed by atoms with Crippen molar-refractivity contribution in [1.82, 2.24) is 5.32 Å². The number of benzene rings is 2. The predicted molar refractivity (Wildman–Crippen MR) is 128 cm³/mol. The van der Waals surface area contributed by atoms with Crippen LogP contribution in [0.4, 0.5) is 4.79 Å². The molecule has 2 atom stereocenters. The van der Waals surface area contributed by atoms with Crippen LogP contribution in [0.2, 0.25) is 0 Å². The summed E-state index contributed by atoms with van der Waals surface area (Å²) in [4.78, 5) is 37.1. The average molecular weight is 470 g/mol. The Labute approximate surface area is 199 Å². The number of carbonyl (C=O) groups excluding carboxylic acids is 3. The maximum atomic E-state index is 13.3. The number of alkyl carbamates (subject to hydrolysis) is 1. The van der Waals surface area contributed by atoms with E-state index in [1.54, 1.807) is 0 Å². The number of nitrogens with one attached hydrogen (secondary N) is 1. The smallest absolute Gasteiger partial charge is 0.407 e. The van der Waals surface area contributed by atoms with Gasteiger partial charge in [0.25, 0.3) is 0 Å². The Morgan fingerprint density at radius 3 is 2.18 bits per heavy atom. The average Bonchev–Trinajstić information content (AvgIpc) is 3.23. The zero-order valence-electron chi connectivity index (χ0n) is 19.0. The quantitative estimate of drug-likeness (QED) is 0.378.